The van der Waals surface area contributed by atoms with Gasteiger partial charge in [-0.3, -0.25) is 0 Å². The van der Waals surface area contributed by atoms with E-state index >= 15 is 0 Å². The molecule has 0 unspecified atom stereocenters. The predicted octanol–water partition coefficient (Wildman–Crippen LogP) is 8.48. The Balaban J connectivity index is 1.65. The Morgan fingerprint density at radius 2 is 1.41 bits per heavy atom. The largest absolute Gasteiger partial charge is 0.140 e. The highest BCUT2D eigenvalue weighted by molar-refractivity contribution is 7.19. The highest BCUT2D eigenvalue weighted by Gasteiger charge is 2.09. The predicted molar refractivity (Wildman–Crippen MR) is 122 cm³/mol. The summed E-state index contributed by atoms with van der Waals surface area (Å²) in [6, 6.07) is 25.0. The Morgan fingerprint density at radius 3 is 2.26 bits per heavy atom. The van der Waals surface area contributed by atoms with E-state index in [1.54, 1.807) is 0 Å². The third kappa shape index (κ3) is 3.00. The molecule has 4 aromatic carbocycles. The van der Waals surface area contributed by atoms with Crippen LogP contribution in [0.4, 0.5) is 0 Å². The zero-order valence-electron chi connectivity index (χ0n) is 15.8. The molecule has 0 nitrogen and oxygen atoms in total. The zero-order valence-corrected chi connectivity index (χ0v) is 16.6. The van der Waals surface area contributed by atoms with Crippen LogP contribution in [-0.2, 0) is 6.42 Å². The van der Waals surface area contributed by atoms with Gasteiger partial charge in [0.2, 0.25) is 0 Å². The van der Waals surface area contributed by atoms with Crippen LogP contribution in [-0.4, -0.2) is 0 Å². The second kappa shape index (κ2) is 6.98. The molecular formula is C26H24S. The molecule has 0 N–H and O–H groups in total. The van der Waals surface area contributed by atoms with Crippen molar-refractivity contribution in [3.63, 3.8) is 0 Å². The third-order valence-electron chi connectivity index (χ3n) is 5.71. The first kappa shape index (κ1) is 16.8. The Bertz CT molecular complexity index is 1260. The topological polar surface area (TPSA) is 0 Å². The number of thiophene rings is 1. The molecule has 5 aromatic rings. The first-order valence-electron chi connectivity index (χ1n) is 10.1. The van der Waals surface area contributed by atoms with Crippen molar-refractivity contribution in [3.05, 3.63) is 71.6 Å². The fourth-order valence-electron chi connectivity index (χ4n) is 4.25. The SMILES string of the molecule is CCCCCCc1cc2c(ccc3c4cc5ccccc5cc4ccc23)s1. The van der Waals surface area contributed by atoms with Gasteiger partial charge in [0.15, 0.2) is 0 Å². The minimum absolute atomic E-state index is 1.22. The van der Waals surface area contributed by atoms with Crippen molar-refractivity contribution in [1.29, 1.82) is 0 Å². The molecule has 0 aliphatic carbocycles. The van der Waals surface area contributed by atoms with Crippen molar-refractivity contribution >= 4 is 53.7 Å². The second-order valence-electron chi connectivity index (χ2n) is 7.58. The van der Waals surface area contributed by atoms with Gasteiger partial charge < -0.3 is 0 Å². The van der Waals surface area contributed by atoms with Gasteiger partial charge >= 0.3 is 0 Å². The molecule has 0 aliphatic rings. The Kier molecular flexibility index (Phi) is 4.33. The summed E-state index contributed by atoms with van der Waals surface area (Å²) in [7, 11) is 0. The molecule has 134 valence electrons. The van der Waals surface area contributed by atoms with Gasteiger partial charge in [0.25, 0.3) is 0 Å². The van der Waals surface area contributed by atoms with Gasteiger partial charge in [-0.1, -0.05) is 68.7 Å². The van der Waals surface area contributed by atoms with Gasteiger partial charge in [-0.05, 0) is 69.4 Å². The van der Waals surface area contributed by atoms with Gasteiger partial charge in [0, 0.05) is 15.0 Å². The average molecular weight is 369 g/mol. The lowest BCUT2D eigenvalue weighted by atomic mass is 9.97. The Hall–Kier alpha value is -2.38. The minimum atomic E-state index is 1.22. The van der Waals surface area contributed by atoms with Crippen LogP contribution in [0.5, 0.6) is 0 Å². The highest BCUT2D eigenvalue weighted by atomic mass is 32.1. The molecular weight excluding hydrogens is 344 g/mol. The lowest BCUT2D eigenvalue weighted by molar-refractivity contribution is 0.670. The third-order valence-corrected chi connectivity index (χ3v) is 6.87. The fourth-order valence-corrected chi connectivity index (χ4v) is 5.37. The van der Waals surface area contributed by atoms with E-state index in [1.165, 1.54) is 79.4 Å². The summed E-state index contributed by atoms with van der Waals surface area (Å²) >= 11 is 1.98. The second-order valence-corrected chi connectivity index (χ2v) is 8.75. The molecule has 0 spiro atoms. The number of benzene rings is 4. The smallest absolute Gasteiger partial charge is 0.0352 e. The number of unbranched alkanes of at least 4 members (excludes halogenated alkanes) is 3. The lowest BCUT2D eigenvalue weighted by Gasteiger charge is -2.07. The van der Waals surface area contributed by atoms with Gasteiger partial charge in [-0.25, -0.2) is 0 Å². The van der Waals surface area contributed by atoms with Crippen molar-refractivity contribution in [1.82, 2.24) is 0 Å². The molecule has 0 bridgehead atoms. The molecule has 0 saturated heterocycles. The quantitative estimate of drug-likeness (QED) is 0.166. The molecule has 0 radical (unpaired) electrons. The maximum atomic E-state index is 2.45. The number of fused-ring (bicyclic) bond motifs is 6. The van der Waals surface area contributed by atoms with E-state index in [4.69, 9.17) is 0 Å². The summed E-state index contributed by atoms with van der Waals surface area (Å²) in [6.45, 7) is 2.28. The van der Waals surface area contributed by atoms with E-state index in [-0.39, 0.29) is 0 Å². The van der Waals surface area contributed by atoms with Crippen molar-refractivity contribution in [2.75, 3.05) is 0 Å². The van der Waals surface area contributed by atoms with Gasteiger partial charge in [0.1, 0.15) is 0 Å². The van der Waals surface area contributed by atoms with Gasteiger partial charge in [-0.2, -0.15) is 0 Å². The fraction of sp³-hybridized carbons (Fsp3) is 0.231. The Morgan fingerprint density at radius 1 is 0.630 bits per heavy atom. The van der Waals surface area contributed by atoms with Crippen LogP contribution >= 0.6 is 11.3 Å². The molecule has 0 fully saturated rings. The number of rotatable bonds is 5. The van der Waals surface area contributed by atoms with Crippen LogP contribution in [0.3, 0.4) is 0 Å². The summed E-state index contributed by atoms with van der Waals surface area (Å²) in [5.41, 5.74) is 0. The first-order valence-corrected chi connectivity index (χ1v) is 10.9. The molecule has 0 atom stereocenters. The summed E-state index contributed by atoms with van der Waals surface area (Å²) in [6.07, 6.45) is 6.54. The van der Waals surface area contributed by atoms with E-state index in [2.05, 4.69) is 73.7 Å². The standard InChI is InChI=1S/C26H24S/c1-2-3-4-5-10-21-17-25-23-12-11-20-15-18-8-6-7-9-19(18)16-24(20)22(23)13-14-26(25)27-21/h6-9,11-17H,2-5,10H2,1H3. The van der Waals surface area contributed by atoms with Crippen LogP contribution in [0.1, 0.15) is 37.5 Å². The van der Waals surface area contributed by atoms with Crippen molar-refractivity contribution in [2.45, 2.75) is 39.0 Å². The Labute approximate surface area is 164 Å². The van der Waals surface area contributed by atoms with Crippen LogP contribution in [0, 0.1) is 0 Å². The van der Waals surface area contributed by atoms with Crippen molar-refractivity contribution in [2.24, 2.45) is 0 Å². The van der Waals surface area contributed by atoms with Crippen LogP contribution in [0.2, 0.25) is 0 Å². The van der Waals surface area contributed by atoms with Crippen LogP contribution < -0.4 is 0 Å². The minimum Gasteiger partial charge on any atom is -0.140 e. The van der Waals surface area contributed by atoms with Crippen molar-refractivity contribution in [3.8, 4) is 0 Å². The maximum Gasteiger partial charge on any atom is 0.0352 e. The molecule has 5 rings (SSSR count). The van der Waals surface area contributed by atoms with Gasteiger partial charge in [0.05, 0.1) is 0 Å². The van der Waals surface area contributed by atoms with Crippen LogP contribution in [0.15, 0.2) is 66.7 Å². The molecule has 27 heavy (non-hydrogen) atoms. The van der Waals surface area contributed by atoms with Crippen LogP contribution in [0.25, 0.3) is 42.4 Å². The molecule has 0 amide bonds. The van der Waals surface area contributed by atoms with E-state index in [0.717, 1.165) is 0 Å². The van der Waals surface area contributed by atoms with E-state index in [0.29, 0.717) is 0 Å². The normalized spacial score (nSPS) is 11.9. The number of aryl methyl sites for hydroxylation is 1. The van der Waals surface area contributed by atoms with E-state index in [1.807, 2.05) is 11.3 Å². The summed E-state index contributed by atoms with van der Waals surface area (Å²) < 4.78 is 1.42. The zero-order chi connectivity index (χ0) is 18.2. The van der Waals surface area contributed by atoms with E-state index < -0.39 is 0 Å². The average Bonchev–Trinajstić information content (AvgIpc) is 3.13. The summed E-state index contributed by atoms with van der Waals surface area (Å²) in [5, 5.41) is 9.53. The molecule has 0 aliphatic heterocycles. The number of hydrogen-bond donors (Lipinski definition) is 0. The van der Waals surface area contributed by atoms with Gasteiger partial charge in [-0.15, -0.1) is 11.3 Å². The lowest BCUT2D eigenvalue weighted by Crippen LogP contribution is -1.81. The molecule has 1 heterocycles. The van der Waals surface area contributed by atoms with Crippen molar-refractivity contribution < 1.29 is 0 Å². The molecule has 1 aromatic heterocycles. The monoisotopic (exact) mass is 368 g/mol. The number of hydrogen-bond acceptors (Lipinski definition) is 1. The molecule has 0 saturated carbocycles. The highest BCUT2D eigenvalue weighted by Crippen LogP contribution is 2.37. The maximum absolute atomic E-state index is 2.45. The van der Waals surface area contributed by atoms with E-state index in [9.17, 15) is 0 Å². The molecule has 1 heteroatoms. The summed E-state index contributed by atoms with van der Waals surface area (Å²) in [4.78, 5) is 1.53. The first-order chi connectivity index (χ1) is 13.3. The summed E-state index contributed by atoms with van der Waals surface area (Å²) in [5.74, 6) is 0.